The Labute approximate surface area is 331 Å². The topological polar surface area (TPSA) is 133 Å². The Morgan fingerprint density at radius 1 is 0.909 bits per heavy atom. The summed E-state index contributed by atoms with van der Waals surface area (Å²) in [4.78, 5) is 35.1. The number of hydrogen-bond donors (Lipinski definition) is 1. The maximum absolute atomic E-state index is 14.9. The molecule has 17 atom stereocenters. The molecule has 4 heterocycles. The molecule has 4 fully saturated rings. The molecule has 0 radical (unpaired) electrons. The van der Waals surface area contributed by atoms with Gasteiger partial charge in [0.1, 0.15) is 24.4 Å². The fourth-order valence-corrected chi connectivity index (χ4v) is 12.1. The number of methoxy groups -OCH3 is 3. The molecule has 55 heavy (non-hydrogen) atoms. The van der Waals surface area contributed by atoms with Gasteiger partial charge < -0.3 is 43.2 Å². The summed E-state index contributed by atoms with van der Waals surface area (Å²) in [5, 5.41) is 4.35. The largest absolute Gasteiger partial charge is 0.462 e. The number of aromatic nitrogens is 1. The minimum atomic E-state index is -0.627. The molecule has 13 heteroatoms. The van der Waals surface area contributed by atoms with E-state index < -0.39 is 18.3 Å². The zero-order valence-electron chi connectivity index (χ0n) is 34.2. The number of cyclic esters (lactones) is 1. The highest BCUT2D eigenvalue weighted by molar-refractivity contribution is 7.11. The van der Waals surface area contributed by atoms with Gasteiger partial charge >= 0.3 is 5.97 Å². The highest BCUT2D eigenvalue weighted by Crippen LogP contribution is 2.62. The Morgan fingerprint density at radius 3 is 2.36 bits per heavy atom. The number of ether oxygens (including phenoxy) is 8. The molecule has 1 saturated carbocycles. The number of thiazole rings is 1. The van der Waals surface area contributed by atoms with E-state index in [1.165, 1.54) is 4.88 Å². The highest BCUT2D eigenvalue weighted by Gasteiger charge is 2.57. The van der Waals surface area contributed by atoms with Crippen molar-refractivity contribution >= 4 is 23.1 Å². The van der Waals surface area contributed by atoms with E-state index in [4.69, 9.17) is 42.9 Å². The minimum absolute atomic E-state index is 0.00926. The molecule has 6 aliphatic rings. The molecule has 3 aliphatic carbocycles. The van der Waals surface area contributed by atoms with Gasteiger partial charge in [0.15, 0.2) is 18.4 Å². The first-order chi connectivity index (χ1) is 26.5. The van der Waals surface area contributed by atoms with Crippen molar-refractivity contribution in [3.63, 3.8) is 0 Å². The number of esters is 1. The van der Waals surface area contributed by atoms with Crippen molar-refractivity contribution < 1.29 is 47.5 Å². The van der Waals surface area contributed by atoms with Crippen molar-refractivity contribution in [2.45, 2.75) is 172 Å². The van der Waals surface area contributed by atoms with Gasteiger partial charge in [0.05, 0.1) is 41.5 Å². The van der Waals surface area contributed by atoms with E-state index in [0.717, 1.165) is 61.2 Å². The van der Waals surface area contributed by atoms with Gasteiger partial charge in [-0.05, 0) is 96.6 Å². The lowest BCUT2D eigenvalue weighted by molar-refractivity contribution is -0.314. The molecule has 3 saturated heterocycles. The summed E-state index contributed by atoms with van der Waals surface area (Å²) in [5.41, 5.74) is 1.77. The lowest BCUT2D eigenvalue weighted by Crippen LogP contribution is -2.59. The summed E-state index contributed by atoms with van der Waals surface area (Å²) >= 11 is 1.74. The van der Waals surface area contributed by atoms with E-state index in [-0.39, 0.29) is 103 Å². The number of hydrogen-bond acceptors (Lipinski definition) is 13. The van der Waals surface area contributed by atoms with E-state index in [1.807, 2.05) is 20.9 Å². The smallest absolute Gasteiger partial charge is 0.306 e. The van der Waals surface area contributed by atoms with Gasteiger partial charge in [-0.3, -0.25) is 9.59 Å². The molecule has 0 spiro atoms. The lowest BCUT2D eigenvalue weighted by atomic mass is 9.67. The summed E-state index contributed by atoms with van der Waals surface area (Å²) < 4.78 is 50.0. The first-order valence-electron chi connectivity index (χ1n) is 20.8. The third-order valence-corrected chi connectivity index (χ3v) is 14.9. The average Bonchev–Trinajstić information content (AvgIpc) is 3.87. The fraction of sp³-hybridized carbons (Fsp3) is 0.833. The van der Waals surface area contributed by atoms with Crippen LogP contribution in [0.3, 0.4) is 0 Å². The maximum atomic E-state index is 14.9. The molecule has 1 aromatic rings. The van der Waals surface area contributed by atoms with Crippen LogP contribution in [0.25, 0.3) is 0 Å². The average molecular weight is 789 g/mol. The SMILES string of the molecule is CC[C@H]1CCC[C@H](O[C@H]2CC[C@H](NC)C(C)O2)[C@@H](C)C(=O)C2=C[C@@H]3C(c4nc(C)sc4C4C[C@@H](O[C@@H]5OC(C)[C@H](OC)C(OC)C5OC)C[C@H]43)[C@@H]2CC(=O)O1. The summed E-state index contributed by atoms with van der Waals surface area (Å²) in [5.74, 6) is -0.565. The number of aryl methyl sites for hydroxylation is 1. The van der Waals surface area contributed by atoms with Crippen LogP contribution in [0.15, 0.2) is 11.6 Å². The first kappa shape index (κ1) is 41.4. The third kappa shape index (κ3) is 8.13. The predicted octanol–water partition coefficient (Wildman–Crippen LogP) is 5.99. The molecule has 1 N–H and O–H groups in total. The van der Waals surface area contributed by atoms with Crippen LogP contribution in [0.5, 0.6) is 0 Å². The van der Waals surface area contributed by atoms with Gasteiger partial charge in [0, 0.05) is 55.9 Å². The number of ketones is 1. The molecule has 0 aromatic carbocycles. The Balaban J connectivity index is 1.18. The van der Waals surface area contributed by atoms with Gasteiger partial charge in [-0.15, -0.1) is 11.3 Å². The Bertz CT molecular complexity index is 1540. The van der Waals surface area contributed by atoms with Crippen LogP contribution in [0.4, 0.5) is 0 Å². The first-order valence-corrected chi connectivity index (χ1v) is 21.6. The van der Waals surface area contributed by atoms with Gasteiger partial charge in [-0.25, -0.2) is 4.98 Å². The van der Waals surface area contributed by atoms with Crippen LogP contribution in [0, 0.1) is 30.6 Å². The fourth-order valence-electron chi connectivity index (χ4n) is 10.9. The molecule has 0 bridgehead atoms. The van der Waals surface area contributed by atoms with E-state index in [1.54, 1.807) is 32.7 Å². The van der Waals surface area contributed by atoms with Crippen LogP contribution >= 0.6 is 11.3 Å². The quantitative estimate of drug-likeness (QED) is 0.295. The normalized spacial score (nSPS) is 43.7. The zero-order valence-corrected chi connectivity index (χ0v) is 35.0. The number of allylic oxidation sites excluding steroid dienone is 2. The second-order valence-electron chi connectivity index (χ2n) is 16.9. The van der Waals surface area contributed by atoms with Crippen LogP contribution in [-0.4, -0.2) is 113 Å². The van der Waals surface area contributed by atoms with Crippen LogP contribution in [-0.2, 0) is 47.5 Å². The standard InChI is InChI=1S/C42H64N2O10S/c1-10-24-12-11-13-32(54-34-15-14-31(43-6)21(3)50-34)20(2)37(46)29-18-27-26-16-25(53-42-40(49-9)39(48-8)38(47-7)22(4)51-42)17-30(26)41-36(44-23(5)55-41)35(27)28(29)19-33(45)52-24/h18,20-22,24-28,30-32,34-35,38-40,42-43H,10-17,19H2,1-9H3/t20-,21?,22?,24+,25+,26+,27+,28-,30?,31+,32+,34+,35?,38+,39?,40?,42+/m1/s1. The lowest BCUT2D eigenvalue weighted by Gasteiger charge is -2.44. The monoisotopic (exact) mass is 788 g/mol. The number of likely N-dealkylation sites (N-methyl/N-ethyl adjacent to an activating group) is 1. The molecule has 12 nitrogen and oxygen atoms in total. The van der Waals surface area contributed by atoms with Crippen molar-refractivity contribution in [3.8, 4) is 0 Å². The Morgan fingerprint density at radius 2 is 1.67 bits per heavy atom. The number of carbonyl (C=O) groups excluding carboxylic acids is 2. The summed E-state index contributed by atoms with van der Waals surface area (Å²) in [6.45, 7) is 10.2. The Kier molecular flexibility index (Phi) is 13.2. The van der Waals surface area contributed by atoms with Crippen molar-refractivity contribution in [1.82, 2.24) is 10.3 Å². The van der Waals surface area contributed by atoms with Gasteiger partial charge in [-0.1, -0.05) is 19.9 Å². The van der Waals surface area contributed by atoms with Crippen molar-refractivity contribution in [1.29, 1.82) is 0 Å². The van der Waals surface area contributed by atoms with Crippen molar-refractivity contribution in [3.05, 3.63) is 27.2 Å². The number of rotatable bonds is 9. The van der Waals surface area contributed by atoms with Gasteiger partial charge in [-0.2, -0.15) is 0 Å². The van der Waals surface area contributed by atoms with Crippen LogP contribution in [0.2, 0.25) is 0 Å². The number of fused-ring (bicyclic) bond motifs is 8. The number of carbonyl (C=O) groups is 2. The number of Topliss-reactive ketones (excluding diaryl/α,β-unsaturated/α-hetero) is 1. The predicted molar refractivity (Wildman–Crippen MR) is 206 cm³/mol. The molecule has 308 valence electrons. The Hall–Kier alpha value is -1.81. The number of nitrogens with zero attached hydrogens (tertiary/aromatic N) is 1. The van der Waals surface area contributed by atoms with Crippen LogP contribution < -0.4 is 5.32 Å². The molecule has 6 unspecified atom stereocenters. The second-order valence-corrected chi connectivity index (χ2v) is 18.1. The summed E-state index contributed by atoms with van der Waals surface area (Å²) in [7, 11) is 6.94. The second kappa shape index (κ2) is 17.6. The van der Waals surface area contributed by atoms with Gasteiger partial charge in [0.2, 0.25) is 0 Å². The minimum Gasteiger partial charge on any atom is -0.462 e. The summed E-state index contributed by atoms with van der Waals surface area (Å²) in [6, 6.07) is 0.275. The van der Waals surface area contributed by atoms with Gasteiger partial charge in [0.25, 0.3) is 0 Å². The molecular weight excluding hydrogens is 725 g/mol. The molecule has 1 aromatic heterocycles. The van der Waals surface area contributed by atoms with E-state index in [9.17, 15) is 9.59 Å². The molecule has 0 amide bonds. The van der Waals surface area contributed by atoms with Crippen molar-refractivity contribution in [2.75, 3.05) is 28.4 Å². The molecular formula is C42H64N2O10S. The van der Waals surface area contributed by atoms with E-state index in [2.05, 4.69) is 32.2 Å². The van der Waals surface area contributed by atoms with E-state index in [0.29, 0.717) is 6.42 Å². The van der Waals surface area contributed by atoms with Crippen LogP contribution in [0.1, 0.15) is 113 Å². The third-order valence-electron chi connectivity index (χ3n) is 13.7. The van der Waals surface area contributed by atoms with E-state index >= 15 is 0 Å². The van der Waals surface area contributed by atoms with Crippen molar-refractivity contribution in [2.24, 2.45) is 23.7 Å². The molecule has 7 rings (SSSR count). The zero-order chi connectivity index (χ0) is 39.1. The number of nitrogens with one attached hydrogen (secondary N) is 1. The summed E-state index contributed by atoms with van der Waals surface area (Å²) in [6.07, 6.45) is 5.69. The highest BCUT2D eigenvalue weighted by atomic mass is 32.1. The maximum Gasteiger partial charge on any atom is 0.306 e. The molecule has 3 aliphatic heterocycles.